The fourth-order valence-corrected chi connectivity index (χ4v) is 6.08. The lowest BCUT2D eigenvalue weighted by Crippen LogP contribution is -2.48. The highest BCUT2D eigenvalue weighted by Gasteiger charge is 2.65. The van der Waals surface area contributed by atoms with Crippen LogP contribution in [0.2, 0.25) is 0 Å². The first kappa shape index (κ1) is 15.6. The molecule has 1 aromatic carbocycles. The van der Waals surface area contributed by atoms with Crippen molar-refractivity contribution in [2.45, 2.75) is 51.0 Å². The first-order valence-electron chi connectivity index (χ1n) is 9.44. The number of hydrogen-bond acceptors (Lipinski definition) is 3. The lowest BCUT2D eigenvalue weighted by atomic mass is 9.61. The van der Waals surface area contributed by atoms with Gasteiger partial charge in [-0.25, -0.2) is 0 Å². The van der Waals surface area contributed by atoms with Gasteiger partial charge in [0.1, 0.15) is 0 Å². The molecule has 5 rings (SSSR count). The highest BCUT2D eigenvalue weighted by Crippen LogP contribution is 2.64. The summed E-state index contributed by atoms with van der Waals surface area (Å²) in [5.74, 6) is 0.107. The van der Waals surface area contributed by atoms with E-state index in [1.807, 2.05) is 12.1 Å². The van der Waals surface area contributed by atoms with Crippen molar-refractivity contribution in [3.8, 4) is 0 Å². The predicted octanol–water partition coefficient (Wildman–Crippen LogP) is 3.43. The third-order valence-electron chi connectivity index (χ3n) is 7.37. The minimum Gasteiger partial charge on any atom is -0.296 e. The maximum atomic E-state index is 13.6. The summed E-state index contributed by atoms with van der Waals surface area (Å²) in [6.07, 6.45) is 4.59. The Morgan fingerprint density at radius 1 is 1.24 bits per heavy atom. The fraction of sp³-hybridized carbons (Fsp3) is 0.571. The van der Waals surface area contributed by atoms with Crippen LogP contribution in [0.4, 0.5) is 5.69 Å². The maximum absolute atomic E-state index is 13.6. The minimum absolute atomic E-state index is 0.107. The Hall–Kier alpha value is -1.65. The summed E-state index contributed by atoms with van der Waals surface area (Å²) in [4.78, 5) is 21.7. The molecule has 3 heterocycles. The maximum Gasteiger partial charge on any atom is 0.262 e. The van der Waals surface area contributed by atoms with E-state index < -0.39 is 5.41 Å². The summed E-state index contributed by atoms with van der Waals surface area (Å²) in [7, 11) is 1.60. The zero-order chi connectivity index (χ0) is 17.4. The van der Waals surface area contributed by atoms with Crippen LogP contribution in [0.3, 0.4) is 0 Å². The monoisotopic (exact) mass is 338 g/mol. The van der Waals surface area contributed by atoms with Gasteiger partial charge in [0, 0.05) is 18.0 Å². The third kappa shape index (κ3) is 1.72. The Labute approximate surface area is 149 Å². The summed E-state index contributed by atoms with van der Waals surface area (Å²) in [6.45, 7) is 6.83. The van der Waals surface area contributed by atoms with Crippen molar-refractivity contribution in [3.05, 3.63) is 41.0 Å². The molecule has 1 saturated heterocycles. The van der Waals surface area contributed by atoms with Crippen LogP contribution < -0.4 is 5.06 Å². The molecule has 0 aromatic heterocycles. The zero-order valence-electron chi connectivity index (χ0n) is 15.3. The molecule has 2 unspecified atom stereocenters. The molecule has 1 amide bonds. The molecule has 132 valence electrons. The van der Waals surface area contributed by atoms with E-state index in [1.165, 1.54) is 35.6 Å². The lowest BCUT2D eigenvalue weighted by Gasteiger charge is -2.41. The number of hydroxylamine groups is 1. The molecular weight excluding hydrogens is 312 g/mol. The van der Waals surface area contributed by atoms with Crippen molar-refractivity contribution in [1.82, 2.24) is 4.90 Å². The van der Waals surface area contributed by atoms with Crippen molar-refractivity contribution in [2.24, 2.45) is 5.41 Å². The molecule has 2 atom stereocenters. The fourth-order valence-electron chi connectivity index (χ4n) is 6.08. The highest BCUT2D eigenvalue weighted by molar-refractivity contribution is 6.08. The molecule has 4 nitrogen and oxygen atoms in total. The topological polar surface area (TPSA) is 32.8 Å². The minimum atomic E-state index is -0.510. The van der Waals surface area contributed by atoms with Gasteiger partial charge in [0.15, 0.2) is 0 Å². The molecule has 4 aliphatic rings. The second kappa shape index (κ2) is 4.95. The van der Waals surface area contributed by atoms with Crippen LogP contribution >= 0.6 is 0 Å². The normalized spacial score (nSPS) is 33.2. The highest BCUT2D eigenvalue weighted by atomic mass is 16.7. The average molecular weight is 338 g/mol. The van der Waals surface area contributed by atoms with E-state index in [4.69, 9.17) is 4.84 Å². The first-order chi connectivity index (χ1) is 12.0. The van der Waals surface area contributed by atoms with Crippen molar-refractivity contribution in [1.29, 1.82) is 0 Å². The number of hydrogen-bond donors (Lipinski definition) is 0. The Bertz CT molecular complexity index is 797. The number of anilines is 1. The molecule has 1 aliphatic carbocycles. The van der Waals surface area contributed by atoms with Gasteiger partial charge in [-0.3, -0.25) is 14.5 Å². The smallest absolute Gasteiger partial charge is 0.262 e. The van der Waals surface area contributed by atoms with Crippen molar-refractivity contribution >= 4 is 11.6 Å². The number of carbonyl (C=O) groups excluding carboxylic acids is 1. The Kier molecular flexibility index (Phi) is 3.09. The van der Waals surface area contributed by atoms with E-state index in [2.05, 4.69) is 30.9 Å². The summed E-state index contributed by atoms with van der Waals surface area (Å²) in [5, 5.41) is 1.52. The summed E-state index contributed by atoms with van der Waals surface area (Å²) in [5.41, 5.74) is 4.42. The lowest BCUT2D eigenvalue weighted by molar-refractivity contribution is -0.131. The van der Waals surface area contributed by atoms with E-state index in [-0.39, 0.29) is 11.3 Å². The predicted molar refractivity (Wildman–Crippen MR) is 97.3 cm³/mol. The van der Waals surface area contributed by atoms with E-state index in [9.17, 15) is 4.79 Å². The van der Waals surface area contributed by atoms with Gasteiger partial charge in [-0.05, 0) is 43.9 Å². The molecule has 0 saturated carbocycles. The number of rotatable bonds is 1. The second-order valence-corrected chi connectivity index (χ2v) is 8.56. The Balaban J connectivity index is 1.65. The standard InChI is InChI=1S/C21H26N2O2/c1-20(2)17-11-15-7-6-10-22(15)13-14(17)12-21(20)16-8-4-5-9-18(16)23(25-3)19(21)24/h4-5,8-9,15H,6-7,10-13H2,1-3H3. The van der Waals surface area contributed by atoms with Gasteiger partial charge in [0.2, 0.25) is 0 Å². The van der Waals surface area contributed by atoms with Gasteiger partial charge in [0.25, 0.3) is 5.91 Å². The molecule has 3 aliphatic heterocycles. The van der Waals surface area contributed by atoms with Crippen LogP contribution in [0, 0.1) is 5.41 Å². The number of benzene rings is 1. The van der Waals surface area contributed by atoms with Gasteiger partial charge in [-0.15, -0.1) is 0 Å². The molecule has 0 radical (unpaired) electrons. The summed E-state index contributed by atoms with van der Waals surface area (Å²) in [6, 6.07) is 8.87. The quantitative estimate of drug-likeness (QED) is 0.736. The Morgan fingerprint density at radius 2 is 2.04 bits per heavy atom. The van der Waals surface area contributed by atoms with Gasteiger partial charge in [-0.1, -0.05) is 43.2 Å². The molecule has 1 spiro atoms. The van der Waals surface area contributed by atoms with Crippen LogP contribution in [0.1, 0.15) is 45.1 Å². The number of para-hydroxylation sites is 1. The van der Waals surface area contributed by atoms with Crippen LogP contribution in [-0.4, -0.2) is 37.0 Å². The molecule has 1 fully saturated rings. The first-order valence-corrected chi connectivity index (χ1v) is 9.44. The number of nitrogens with zero attached hydrogens (tertiary/aromatic N) is 2. The van der Waals surface area contributed by atoms with Crippen molar-refractivity contribution in [2.75, 3.05) is 25.3 Å². The largest absolute Gasteiger partial charge is 0.296 e. The van der Waals surface area contributed by atoms with Crippen molar-refractivity contribution in [3.63, 3.8) is 0 Å². The molecule has 1 aromatic rings. The number of carbonyl (C=O) groups is 1. The van der Waals surface area contributed by atoms with Crippen LogP contribution in [-0.2, 0) is 15.0 Å². The van der Waals surface area contributed by atoms with E-state index >= 15 is 0 Å². The van der Waals surface area contributed by atoms with Gasteiger partial charge >= 0.3 is 0 Å². The van der Waals surface area contributed by atoms with E-state index in [0.29, 0.717) is 6.04 Å². The number of amides is 1. The molecule has 0 N–H and O–H groups in total. The van der Waals surface area contributed by atoms with Gasteiger partial charge < -0.3 is 0 Å². The molecule has 4 heteroatoms. The zero-order valence-corrected chi connectivity index (χ0v) is 15.3. The third-order valence-corrected chi connectivity index (χ3v) is 7.37. The molecule has 25 heavy (non-hydrogen) atoms. The summed E-state index contributed by atoms with van der Waals surface area (Å²) >= 11 is 0. The SMILES string of the molecule is CON1C(=O)C2(CC3=C(CC4CCCN4C3)C2(C)C)c2ccccc21. The van der Waals surface area contributed by atoms with Crippen LogP contribution in [0.5, 0.6) is 0 Å². The van der Waals surface area contributed by atoms with Crippen molar-refractivity contribution < 1.29 is 9.63 Å². The van der Waals surface area contributed by atoms with Gasteiger partial charge in [0.05, 0.1) is 18.2 Å². The Morgan fingerprint density at radius 3 is 2.84 bits per heavy atom. The second-order valence-electron chi connectivity index (χ2n) is 8.56. The van der Waals surface area contributed by atoms with Gasteiger partial charge in [-0.2, -0.15) is 5.06 Å². The van der Waals surface area contributed by atoms with Crippen LogP contribution in [0.25, 0.3) is 0 Å². The van der Waals surface area contributed by atoms with E-state index in [1.54, 1.807) is 7.11 Å². The van der Waals surface area contributed by atoms with Crippen LogP contribution in [0.15, 0.2) is 35.4 Å². The average Bonchev–Trinajstić information content (AvgIpc) is 3.21. The van der Waals surface area contributed by atoms with E-state index in [0.717, 1.165) is 30.6 Å². The molecule has 0 bridgehead atoms. The number of fused-ring (bicyclic) bond motifs is 3. The molecular formula is C21H26N2O2. The summed E-state index contributed by atoms with van der Waals surface area (Å²) < 4.78 is 0.